The molecule has 220 valence electrons. The van der Waals surface area contributed by atoms with Gasteiger partial charge in [0.05, 0.1) is 30.8 Å². The highest BCUT2D eigenvalue weighted by Crippen LogP contribution is 2.26. The predicted molar refractivity (Wildman–Crippen MR) is 150 cm³/mol. The highest BCUT2D eigenvalue weighted by atomic mass is 32.2. The van der Waals surface area contributed by atoms with Gasteiger partial charge in [0.1, 0.15) is 6.61 Å². The number of piperidine rings is 1. The van der Waals surface area contributed by atoms with E-state index in [9.17, 15) is 13.2 Å². The van der Waals surface area contributed by atoms with E-state index in [0.29, 0.717) is 61.5 Å². The summed E-state index contributed by atoms with van der Waals surface area (Å²) in [6.45, 7) is 14.2. The van der Waals surface area contributed by atoms with Crippen molar-refractivity contribution < 1.29 is 32.2 Å². The van der Waals surface area contributed by atoms with E-state index in [4.69, 9.17) is 18.9 Å². The highest BCUT2D eigenvalue weighted by Gasteiger charge is 2.30. The van der Waals surface area contributed by atoms with Gasteiger partial charge in [-0.2, -0.15) is 4.31 Å². The number of hydrogen-bond donors (Lipinski definition) is 0. The van der Waals surface area contributed by atoms with Crippen LogP contribution >= 0.6 is 0 Å². The largest absolute Gasteiger partial charge is 0.383 e. The number of nitrogens with zero attached hydrogens (tertiary/aromatic N) is 3. The first-order valence-electron chi connectivity index (χ1n) is 13.1. The molecule has 0 aromatic carbocycles. The van der Waals surface area contributed by atoms with Crippen LogP contribution in [0.2, 0.25) is 0 Å². The monoisotopic (exact) mass is 559 g/mol. The van der Waals surface area contributed by atoms with E-state index in [2.05, 4.69) is 18.5 Å². The minimum atomic E-state index is -3.55. The first-order chi connectivity index (χ1) is 18.0. The molecule has 2 saturated heterocycles. The zero-order chi connectivity index (χ0) is 28.7. The lowest BCUT2D eigenvalue weighted by atomic mass is 10.0. The van der Waals surface area contributed by atoms with Crippen LogP contribution in [-0.2, 0) is 33.8 Å². The van der Waals surface area contributed by atoms with Gasteiger partial charge < -0.3 is 28.7 Å². The number of allylic oxidation sites excluding steroid dienone is 3. The third-order valence-corrected chi connectivity index (χ3v) is 8.91. The topological polar surface area (TPSA) is 97.8 Å². The van der Waals surface area contributed by atoms with Gasteiger partial charge >= 0.3 is 0 Å². The van der Waals surface area contributed by atoms with Crippen molar-refractivity contribution in [2.75, 3.05) is 87.5 Å². The van der Waals surface area contributed by atoms with E-state index in [1.54, 1.807) is 47.3 Å². The Morgan fingerprint density at radius 3 is 2.21 bits per heavy atom. The number of ether oxygens (including phenoxy) is 4. The summed E-state index contributed by atoms with van der Waals surface area (Å²) in [7, 11) is 3.38. The van der Waals surface area contributed by atoms with Crippen LogP contribution in [0.25, 0.3) is 0 Å². The second-order valence-electron chi connectivity index (χ2n) is 9.57. The Bertz CT molecular complexity index is 890. The lowest BCUT2D eigenvalue weighted by Gasteiger charge is -2.37. The van der Waals surface area contributed by atoms with Gasteiger partial charge in [-0.05, 0) is 64.9 Å². The zero-order valence-electron chi connectivity index (χ0n) is 24.4. The van der Waals surface area contributed by atoms with E-state index in [1.165, 1.54) is 4.31 Å². The fourth-order valence-electron chi connectivity index (χ4n) is 4.44. The van der Waals surface area contributed by atoms with Crippen molar-refractivity contribution in [2.24, 2.45) is 0 Å². The molecule has 2 aliphatic heterocycles. The number of sulfonamides is 1. The van der Waals surface area contributed by atoms with Gasteiger partial charge in [0, 0.05) is 47.0 Å². The molecular formula is C27H49N3O7S. The highest BCUT2D eigenvalue weighted by molar-refractivity contribution is 7.93. The molecule has 0 saturated carbocycles. The Morgan fingerprint density at radius 1 is 1.11 bits per heavy atom. The van der Waals surface area contributed by atoms with E-state index >= 15 is 0 Å². The van der Waals surface area contributed by atoms with Crippen LogP contribution in [0, 0.1) is 0 Å². The summed E-state index contributed by atoms with van der Waals surface area (Å²) in [5.74, 6) is 0.0686. The number of amides is 1. The lowest BCUT2D eigenvalue weighted by Crippen LogP contribution is -2.48. The van der Waals surface area contributed by atoms with Crippen LogP contribution < -0.4 is 0 Å². The molecule has 2 heterocycles. The summed E-state index contributed by atoms with van der Waals surface area (Å²) in [5.41, 5.74) is 1.31. The average Bonchev–Trinajstić information content (AvgIpc) is 2.90. The summed E-state index contributed by atoms with van der Waals surface area (Å²) in [5, 5.41) is 0. The van der Waals surface area contributed by atoms with Gasteiger partial charge in [-0.15, -0.1) is 0 Å². The van der Waals surface area contributed by atoms with Crippen LogP contribution in [0.3, 0.4) is 0 Å². The normalized spacial score (nSPS) is 19.7. The molecule has 10 nitrogen and oxygen atoms in total. The SMILES string of the molecule is C=C/C(C)=C(\C(C)=C/C(C)OC)S(=O)(=O)N1CCOCC1.COCCN(C(=O)COC)C1CCN(C)CC1. The second-order valence-corrected chi connectivity index (χ2v) is 11.4. The lowest BCUT2D eigenvalue weighted by molar-refractivity contribution is -0.139. The van der Waals surface area contributed by atoms with Crippen LogP contribution in [0.5, 0.6) is 0 Å². The molecule has 0 bridgehead atoms. The third-order valence-electron chi connectivity index (χ3n) is 6.70. The quantitative estimate of drug-likeness (QED) is 0.336. The molecule has 0 aliphatic carbocycles. The summed E-state index contributed by atoms with van der Waals surface area (Å²) >= 11 is 0. The standard InChI is InChI=1S/C15H25NO4S.C12H24N2O3/c1-6-12(2)15(13(3)11-14(4)19-5)21(17,18)16-7-9-20-10-8-16;1-13-6-4-11(5-7-13)14(8-9-16-2)12(15)10-17-3/h6,11,14H,1,7-10H2,2-5H3;11H,4-10H2,1-3H3/b13-11-,15-12+;. The summed E-state index contributed by atoms with van der Waals surface area (Å²) in [6.07, 6.45) is 5.30. The number of carbonyl (C=O) groups is 1. The van der Waals surface area contributed by atoms with E-state index in [-0.39, 0.29) is 18.6 Å². The van der Waals surface area contributed by atoms with Crippen molar-refractivity contribution in [1.29, 1.82) is 0 Å². The first kappa shape index (κ1) is 34.4. The Balaban J connectivity index is 0.000000389. The van der Waals surface area contributed by atoms with Crippen molar-refractivity contribution in [3.8, 4) is 0 Å². The van der Waals surface area contributed by atoms with Gasteiger partial charge in [0.15, 0.2) is 0 Å². The summed E-state index contributed by atoms with van der Waals surface area (Å²) in [6, 6.07) is 0.337. The second kappa shape index (κ2) is 17.9. The fraction of sp³-hybridized carbons (Fsp3) is 0.741. The Morgan fingerprint density at radius 2 is 1.71 bits per heavy atom. The van der Waals surface area contributed by atoms with E-state index in [1.807, 2.05) is 11.8 Å². The number of morpholine rings is 1. The van der Waals surface area contributed by atoms with Gasteiger partial charge in [-0.25, -0.2) is 8.42 Å². The van der Waals surface area contributed by atoms with Crippen LogP contribution in [0.4, 0.5) is 0 Å². The Labute approximate surface area is 230 Å². The number of methoxy groups -OCH3 is 3. The van der Waals surface area contributed by atoms with Gasteiger partial charge in [0.25, 0.3) is 0 Å². The average molecular weight is 560 g/mol. The smallest absolute Gasteiger partial charge is 0.248 e. The molecule has 1 atom stereocenters. The molecule has 0 aromatic rings. The van der Waals surface area contributed by atoms with Crippen molar-refractivity contribution in [2.45, 2.75) is 45.8 Å². The molecule has 0 aromatic heterocycles. The Hall–Kier alpha value is -1.60. The summed E-state index contributed by atoms with van der Waals surface area (Å²) < 4.78 is 47.6. The number of carbonyl (C=O) groups excluding carboxylic acids is 1. The van der Waals surface area contributed by atoms with E-state index < -0.39 is 10.0 Å². The third kappa shape index (κ3) is 10.9. The van der Waals surface area contributed by atoms with E-state index in [0.717, 1.165) is 25.9 Å². The molecule has 0 spiro atoms. The molecule has 2 fully saturated rings. The van der Waals surface area contributed by atoms with Gasteiger partial charge in [-0.3, -0.25) is 4.79 Å². The molecule has 38 heavy (non-hydrogen) atoms. The fourth-order valence-corrected chi connectivity index (χ4v) is 6.29. The molecule has 0 radical (unpaired) electrons. The number of rotatable bonds is 12. The van der Waals surface area contributed by atoms with Crippen molar-refractivity contribution in [3.05, 3.63) is 34.8 Å². The predicted octanol–water partition coefficient (Wildman–Crippen LogP) is 2.29. The molecule has 1 amide bonds. The molecular weight excluding hydrogens is 510 g/mol. The van der Waals surface area contributed by atoms with Gasteiger partial charge in [0.2, 0.25) is 15.9 Å². The first-order valence-corrected chi connectivity index (χ1v) is 14.6. The minimum absolute atomic E-state index is 0.0686. The number of hydrogen-bond acceptors (Lipinski definition) is 8. The van der Waals surface area contributed by atoms with Crippen molar-refractivity contribution in [3.63, 3.8) is 0 Å². The molecule has 2 rings (SSSR count). The Kier molecular flexibility index (Phi) is 16.2. The van der Waals surface area contributed by atoms with Crippen molar-refractivity contribution >= 4 is 15.9 Å². The summed E-state index contributed by atoms with van der Waals surface area (Å²) in [4.78, 5) is 16.5. The van der Waals surface area contributed by atoms with Crippen molar-refractivity contribution in [1.82, 2.24) is 14.1 Å². The maximum Gasteiger partial charge on any atom is 0.248 e. The number of likely N-dealkylation sites (tertiary alicyclic amines) is 1. The van der Waals surface area contributed by atoms with Gasteiger partial charge in [-0.1, -0.05) is 18.7 Å². The zero-order valence-corrected chi connectivity index (χ0v) is 25.2. The minimum Gasteiger partial charge on any atom is -0.383 e. The maximum atomic E-state index is 12.9. The van der Waals surface area contributed by atoms with Crippen LogP contribution in [-0.4, -0.2) is 128 Å². The van der Waals surface area contributed by atoms with Crippen LogP contribution in [0.15, 0.2) is 34.8 Å². The maximum absolute atomic E-state index is 12.9. The van der Waals surface area contributed by atoms with Crippen LogP contribution in [0.1, 0.15) is 33.6 Å². The molecule has 11 heteroatoms. The molecule has 0 N–H and O–H groups in total. The molecule has 1 unspecified atom stereocenters. The molecule has 2 aliphatic rings.